The number of hydrogen-bond donors (Lipinski definition) is 3. The van der Waals surface area contributed by atoms with Crippen molar-refractivity contribution in [1.29, 1.82) is 0 Å². The third-order valence-corrected chi connectivity index (χ3v) is 6.21. The lowest BCUT2D eigenvalue weighted by atomic mass is 10.0. The van der Waals surface area contributed by atoms with Crippen LogP contribution in [-0.4, -0.2) is 68.7 Å². The summed E-state index contributed by atoms with van der Waals surface area (Å²) in [5, 5.41) is 3.67. The van der Waals surface area contributed by atoms with Crippen LogP contribution >= 0.6 is 0 Å². The number of amides is 1. The highest BCUT2D eigenvalue weighted by molar-refractivity contribution is 6.11. The highest BCUT2D eigenvalue weighted by Crippen LogP contribution is 2.32. The Labute approximate surface area is 181 Å². The van der Waals surface area contributed by atoms with Crippen LogP contribution in [0.3, 0.4) is 0 Å². The zero-order valence-electron chi connectivity index (χ0n) is 18.2. The molecule has 3 heterocycles. The molecule has 1 spiro atoms. The number of hydrogen-bond acceptors (Lipinski definition) is 6. The van der Waals surface area contributed by atoms with E-state index in [0.29, 0.717) is 30.0 Å². The number of benzene rings is 1. The van der Waals surface area contributed by atoms with Crippen LogP contribution in [0.5, 0.6) is 5.75 Å². The third kappa shape index (κ3) is 4.26. The third-order valence-electron chi connectivity index (χ3n) is 6.21. The summed E-state index contributed by atoms with van der Waals surface area (Å²) < 4.78 is 22.1. The fraction of sp³-hybridized carbons (Fsp3) is 0.545. The minimum Gasteiger partial charge on any atom is -0.497 e. The van der Waals surface area contributed by atoms with Crippen molar-refractivity contribution in [1.82, 2.24) is 4.98 Å². The molecule has 4 rings (SSSR count). The largest absolute Gasteiger partial charge is 0.497 e. The summed E-state index contributed by atoms with van der Waals surface area (Å²) in [6.07, 6.45) is 1.52. The maximum atomic E-state index is 13.2. The number of piperidine rings is 1. The van der Waals surface area contributed by atoms with Crippen LogP contribution in [0.15, 0.2) is 18.2 Å². The average Bonchev–Trinajstić information content (AvgIpc) is 3.38. The van der Waals surface area contributed by atoms with E-state index in [4.69, 9.17) is 18.9 Å². The predicted molar refractivity (Wildman–Crippen MR) is 113 cm³/mol. The van der Waals surface area contributed by atoms with Crippen LogP contribution < -0.4 is 15.0 Å². The van der Waals surface area contributed by atoms with Gasteiger partial charge < -0.3 is 34.1 Å². The zero-order chi connectivity index (χ0) is 22.0. The molecular formula is C22H30N3O6+. The molecule has 2 fully saturated rings. The number of quaternary nitrogens is 1. The molecule has 3 N–H and O–H groups in total. The van der Waals surface area contributed by atoms with E-state index in [2.05, 4.69) is 10.3 Å². The van der Waals surface area contributed by atoms with Crippen LogP contribution in [0.4, 0.5) is 5.69 Å². The lowest BCUT2D eigenvalue weighted by Gasteiger charge is -2.37. The van der Waals surface area contributed by atoms with Gasteiger partial charge in [-0.2, -0.15) is 0 Å². The number of carbonyl (C=O) groups excluding carboxylic acids is 2. The fourth-order valence-corrected chi connectivity index (χ4v) is 4.37. The normalized spacial score (nSPS) is 19.5. The molecule has 1 aromatic carbocycles. The molecule has 9 nitrogen and oxygen atoms in total. The summed E-state index contributed by atoms with van der Waals surface area (Å²) in [5.74, 6) is -0.504. The molecule has 1 amide bonds. The van der Waals surface area contributed by atoms with E-state index in [1.54, 1.807) is 26.2 Å². The maximum Gasteiger partial charge on any atom is 0.356 e. The van der Waals surface area contributed by atoms with Crippen molar-refractivity contribution in [3.05, 3.63) is 23.9 Å². The van der Waals surface area contributed by atoms with Gasteiger partial charge in [0, 0.05) is 10.9 Å². The fourth-order valence-electron chi connectivity index (χ4n) is 4.37. The quantitative estimate of drug-likeness (QED) is 0.591. The second-order valence-corrected chi connectivity index (χ2v) is 7.98. The first-order valence-electron chi connectivity index (χ1n) is 10.8. The van der Waals surface area contributed by atoms with Gasteiger partial charge in [0.2, 0.25) is 0 Å². The molecule has 1 atom stereocenters. The van der Waals surface area contributed by atoms with Crippen molar-refractivity contribution in [3.63, 3.8) is 0 Å². The second kappa shape index (κ2) is 8.86. The molecule has 0 unspecified atom stereocenters. The number of esters is 1. The molecule has 1 aromatic heterocycles. The number of rotatable bonds is 6. The van der Waals surface area contributed by atoms with E-state index in [1.807, 2.05) is 13.0 Å². The van der Waals surface area contributed by atoms with Gasteiger partial charge in [0.05, 0.1) is 58.5 Å². The van der Waals surface area contributed by atoms with E-state index in [9.17, 15) is 9.59 Å². The van der Waals surface area contributed by atoms with E-state index >= 15 is 0 Å². The van der Waals surface area contributed by atoms with E-state index in [1.165, 1.54) is 0 Å². The molecule has 168 valence electrons. The molecule has 2 aliphatic rings. The minimum atomic E-state index is -0.511. The number of anilines is 1. The van der Waals surface area contributed by atoms with Gasteiger partial charge in [0.15, 0.2) is 11.8 Å². The number of fused-ring (bicyclic) bond motifs is 1. The molecule has 0 aliphatic carbocycles. The van der Waals surface area contributed by atoms with Crippen LogP contribution in [0.2, 0.25) is 0 Å². The molecule has 2 saturated heterocycles. The highest BCUT2D eigenvalue weighted by atomic mass is 16.7. The van der Waals surface area contributed by atoms with Gasteiger partial charge in [-0.05, 0) is 32.0 Å². The number of ether oxygens (including phenoxy) is 4. The number of likely N-dealkylation sites (tertiary alicyclic amines) is 1. The number of aromatic amines is 1. The molecular weight excluding hydrogens is 402 g/mol. The van der Waals surface area contributed by atoms with Gasteiger partial charge in [-0.15, -0.1) is 0 Å². The van der Waals surface area contributed by atoms with Crippen molar-refractivity contribution < 1.29 is 33.4 Å². The summed E-state index contributed by atoms with van der Waals surface area (Å²) in [6.45, 7) is 6.71. The Balaban J connectivity index is 1.54. The van der Waals surface area contributed by atoms with E-state index < -0.39 is 11.8 Å². The molecule has 0 saturated carbocycles. The predicted octanol–water partition coefficient (Wildman–Crippen LogP) is 1.10. The number of methoxy groups -OCH3 is 1. The summed E-state index contributed by atoms with van der Waals surface area (Å²) in [6, 6.07) is 5.10. The van der Waals surface area contributed by atoms with Gasteiger partial charge in [0.1, 0.15) is 11.4 Å². The summed E-state index contributed by atoms with van der Waals surface area (Å²) in [7, 11) is 1.57. The molecule has 0 radical (unpaired) electrons. The Hall–Kier alpha value is -2.62. The van der Waals surface area contributed by atoms with Gasteiger partial charge in [-0.1, -0.05) is 0 Å². The van der Waals surface area contributed by atoms with Gasteiger partial charge in [-0.3, -0.25) is 4.79 Å². The Bertz CT molecular complexity index is 956. The smallest absolute Gasteiger partial charge is 0.356 e. The van der Waals surface area contributed by atoms with Crippen molar-refractivity contribution in [2.75, 3.05) is 45.3 Å². The molecule has 2 aromatic rings. The number of nitrogens with one attached hydrogen (secondary N) is 3. The molecule has 2 aliphatic heterocycles. The average molecular weight is 432 g/mol. The van der Waals surface area contributed by atoms with Crippen LogP contribution in [0, 0.1) is 0 Å². The Morgan fingerprint density at radius 2 is 1.97 bits per heavy atom. The Morgan fingerprint density at radius 3 is 2.61 bits per heavy atom. The summed E-state index contributed by atoms with van der Waals surface area (Å²) >= 11 is 0. The Kier molecular flexibility index (Phi) is 6.17. The lowest BCUT2D eigenvalue weighted by Crippen LogP contribution is -3.18. The van der Waals surface area contributed by atoms with Crippen LogP contribution in [0.25, 0.3) is 10.9 Å². The number of carbonyl (C=O) groups is 2. The first kappa shape index (κ1) is 21.6. The van der Waals surface area contributed by atoms with Crippen molar-refractivity contribution in [3.8, 4) is 5.75 Å². The van der Waals surface area contributed by atoms with Gasteiger partial charge >= 0.3 is 5.97 Å². The van der Waals surface area contributed by atoms with E-state index in [0.717, 1.165) is 36.3 Å². The van der Waals surface area contributed by atoms with Crippen LogP contribution in [-0.2, 0) is 19.0 Å². The first-order chi connectivity index (χ1) is 15.0. The monoisotopic (exact) mass is 432 g/mol. The van der Waals surface area contributed by atoms with Crippen LogP contribution in [0.1, 0.15) is 37.2 Å². The first-order valence-corrected chi connectivity index (χ1v) is 10.8. The number of H-pyrrole nitrogens is 1. The van der Waals surface area contributed by atoms with Gasteiger partial charge in [-0.25, -0.2) is 4.79 Å². The molecule has 31 heavy (non-hydrogen) atoms. The summed E-state index contributed by atoms with van der Waals surface area (Å²) in [5.41, 5.74) is 1.36. The minimum absolute atomic E-state index is 0.159. The highest BCUT2D eigenvalue weighted by Gasteiger charge is 2.43. The summed E-state index contributed by atoms with van der Waals surface area (Å²) in [4.78, 5) is 29.9. The van der Waals surface area contributed by atoms with Crippen molar-refractivity contribution in [2.45, 2.75) is 38.5 Å². The maximum absolute atomic E-state index is 13.2. The van der Waals surface area contributed by atoms with Gasteiger partial charge in [0.25, 0.3) is 5.91 Å². The zero-order valence-corrected chi connectivity index (χ0v) is 18.2. The second-order valence-electron chi connectivity index (χ2n) is 7.98. The topological polar surface area (TPSA) is 103 Å². The van der Waals surface area contributed by atoms with E-state index in [-0.39, 0.29) is 24.2 Å². The molecule has 9 heteroatoms. The lowest BCUT2D eigenvalue weighted by molar-refractivity contribution is -0.922. The molecule has 0 bridgehead atoms. The van der Waals surface area contributed by atoms with Crippen molar-refractivity contribution >= 4 is 28.5 Å². The SMILES string of the molecule is CCOC(=O)c1[nH]c2ccc(OC)cc2c1NC(=O)[C@H](C)[NH+]1CCC2(CC1)OCCO2. The van der Waals surface area contributed by atoms with Crippen molar-refractivity contribution in [2.24, 2.45) is 0 Å². The standard InChI is InChI=1S/C22H29N3O6/c1-4-29-21(27)19-18(16-13-15(28-3)5-6-17(16)23-19)24-20(26)14(2)25-9-7-22(8-10-25)30-11-12-31-22/h5-6,13-14,23H,4,7-12H2,1-3H3,(H,24,26)/p+1/t14-/m0/s1. The Morgan fingerprint density at radius 1 is 1.26 bits per heavy atom. The number of aromatic nitrogens is 1.